The maximum absolute atomic E-state index is 4.21. The third-order valence-electron chi connectivity index (χ3n) is 2.21. The van der Waals surface area contributed by atoms with Crippen LogP contribution in [0.4, 0.5) is 0 Å². The summed E-state index contributed by atoms with van der Waals surface area (Å²) in [4.78, 5) is 7.32. The molecule has 1 atom stereocenters. The van der Waals surface area contributed by atoms with Crippen LogP contribution in [0, 0.1) is 0 Å². The van der Waals surface area contributed by atoms with Crippen LogP contribution in [0.25, 0.3) is 0 Å². The molecule has 0 radical (unpaired) electrons. The summed E-state index contributed by atoms with van der Waals surface area (Å²) in [6.07, 6.45) is 7.35. The van der Waals surface area contributed by atoms with Gasteiger partial charge in [0, 0.05) is 24.2 Å². The first-order chi connectivity index (χ1) is 7.36. The van der Waals surface area contributed by atoms with Crippen LogP contribution in [0.5, 0.6) is 0 Å². The molecule has 0 fully saturated rings. The Morgan fingerprint density at radius 3 is 2.93 bits per heavy atom. The van der Waals surface area contributed by atoms with E-state index in [9.17, 15) is 0 Å². The second-order valence-electron chi connectivity index (χ2n) is 3.65. The van der Waals surface area contributed by atoms with Gasteiger partial charge in [0.1, 0.15) is 0 Å². The van der Waals surface area contributed by atoms with Crippen molar-refractivity contribution >= 4 is 11.8 Å². The minimum atomic E-state index is 0.616. The number of hydrogen-bond donors (Lipinski definition) is 2. The molecule has 1 aromatic rings. The molecule has 1 heterocycles. The van der Waals surface area contributed by atoms with E-state index in [1.54, 1.807) is 18.0 Å². The topological polar surface area (TPSA) is 40.7 Å². The van der Waals surface area contributed by atoms with Gasteiger partial charge in [-0.25, -0.2) is 4.98 Å². The van der Waals surface area contributed by atoms with Gasteiger partial charge in [-0.05, 0) is 19.4 Å². The Hall–Kier alpha value is -0.480. The lowest BCUT2D eigenvalue weighted by Gasteiger charge is -2.16. The molecule has 0 aliphatic heterocycles. The van der Waals surface area contributed by atoms with Crippen molar-refractivity contribution in [3.05, 3.63) is 12.4 Å². The highest BCUT2D eigenvalue weighted by Gasteiger charge is 2.07. The highest BCUT2D eigenvalue weighted by atomic mass is 32.2. The van der Waals surface area contributed by atoms with Gasteiger partial charge >= 0.3 is 0 Å². The van der Waals surface area contributed by atoms with E-state index in [0.29, 0.717) is 6.04 Å². The quantitative estimate of drug-likeness (QED) is 0.671. The summed E-state index contributed by atoms with van der Waals surface area (Å²) in [6, 6.07) is 0.616. The van der Waals surface area contributed by atoms with Crippen molar-refractivity contribution in [1.29, 1.82) is 0 Å². The lowest BCUT2D eigenvalue weighted by atomic mass is 10.2. The Morgan fingerprint density at radius 2 is 2.33 bits per heavy atom. The van der Waals surface area contributed by atoms with Crippen LogP contribution in [0.2, 0.25) is 0 Å². The number of rotatable bonds is 8. The first-order valence-electron chi connectivity index (χ1n) is 5.72. The molecule has 2 N–H and O–H groups in total. The molecule has 15 heavy (non-hydrogen) atoms. The second-order valence-corrected chi connectivity index (χ2v) is 4.65. The highest BCUT2D eigenvalue weighted by Crippen LogP contribution is 2.14. The maximum Gasteiger partial charge on any atom is 0.165 e. The lowest BCUT2D eigenvalue weighted by molar-refractivity contribution is 0.514. The van der Waals surface area contributed by atoms with Crippen molar-refractivity contribution in [3.8, 4) is 0 Å². The molecule has 4 heteroatoms. The average Bonchev–Trinajstić information content (AvgIpc) is 2.75. The van der Waals surface area contributed by atoms with E-state index in [2.05, 4.69) is 29.1 Å². The summed E-state index contributed by atoms with van der Waals surface area (Å²) >= 11 is 1.80. The summed E-state index contributed by atoms with van der Waals surface area (Å²) in [6.45, 7) is 5.55. The van der Waals surface area contributed by atoms with Gasteiger partial charge in [0.25, 0.3) is 0 Å². The first kappa shape index (κ1) is 12.6. The fourth-order valence-corrected chi connectivity index (χ4v) is 2.38. The van der Waals surface area contributed by atoms with Gasteiger partial charge in [0.2, 0.25) is 0 Å². The van der Waals surface area contributed by atoms with Crippen LogP contribution in [0.3, 0.4) is 0 Å². The zero-order chi connectivity index (χ0) is 10.9. The van der Waals surface area contributed by atoms with E-state index in [1.807, 2.05) is 6.20 Å². The summed E-state index contributed by atoms with van der Waals surface area (Å²) in [7, 11) is 0. The van der Waals surface area contributed by atoms with Crippen LogP contribution in [-0.4, -0.2) is 28.3 Å². The van der Waals surface area contributed by atoms with Gasteiger partial charge < -0.3 is 10.3 Å². The number of nitrogens with zero attached hydrogens (tertiary/aromatic N) is 1. The molecule has 0 bridgehead atoms. The zero-order valence-electron chi connectivity index (χ0n) is 9.62. The van der Waals surface area contributed by atoms with Gasteiger partial charge in [-0.3, -0.25) is 0 Å². The van der Waals surface area contributed by atoms with Gasteiger partial charge in [0.05, 0.1) is 0 Å². The van der Waals surface area contributed by atoms with Gasteiger partial charge in [-0.15, -0.1) is 0 Å². The van der Waals surface area contributed by atoms with Crippen molar-refractivity contribution < 1.29 is 0 Å². The fraction of sp³-hybridized carbons (Fsp3) is 0.727. The van der Waals surface area contributed by atoms with Crippen LogP contribution in [0.1, 0.15) is 33.1 Å². The molecular weight excluding hydrogens is 206 g/mol. The molecule has 0 saturated carbocycles. The van der Waals surface area contributed by atoms with Crippen molar-refractivity contribution in [2.75, 3.05) is 12.3 Å². The Balaban J connectivity index is 2.24. The van der Waals surface area contributed by atoms with Crippen LogP contribution in [-0.2, 0) is 0 Å². The Bertz CT molecular complexity index is 236. The van der Waals surface area contributed by atoms with E-state index in [4.69, 9.17) is 0 Å². The number of aromatic nitrogens is 2. The molecule has 0 amide bonds. The van der Waals surface area contributed by atoms with Crippen molar-refractivity contribution in [1.82, 2.24) is 15.3 Å². The highest BCUT2D eigenvalue weighted by molar-refractivity contribution is 7.99. The van der Waals surface area contributed by atoms with Crippen LogP contribution >= 0.6 is 11.8 Å². The van der Waals surface area contributed by atoms with Crippen molar-refractivity contribution in [2.45, 2.75) is 44.3 Å². The third-order valence-corrected chi connectivity index (χ3v) is 3.28. The lowest BCUT2D eigenvalue weighted by Crippen LogP contribution is -2.31. The fourth-order valence-electron chi connectivity index (χ4n) is 1.45. The van der Waals surface area contributed by atoms with E-state index < -0.39 is 0 Å². The number of nitrogens with one attached hydrogen (secondary N) is 2. The minimum Gasteiger partial charge on any atom is -0.340 e. The maximum atomic E-state index is 4.21. The van der Waals surface area contributed by atoms with E-state index >= 15 is 0 Å². The van der Waals surface area contributed by atoms with E-state index in [0.717, 1.165) is 17.5 Å². The number of hydrogen-bond acceptors (Lipinski definition) is 3. The SMILES string of the molecule is CCCNC(CCC)CSc1ncc[nH]1. The van der Waals surface area contributed by atoms with Gasteiger partial charge in [-0.2, -0.15) is 0 Å². The number of H-pyrrole nitrogens is 1. The molecule has 86 valence electrons. The molecular formula is C11H21N3S. The van der Waals surface area contributed by atoms with E-state index in [-0.39, 0.29) is 0 Å². The van der Waals surface area contributed by atoms with Crippen LogP contribution in [0.15, 0.2) is 17.6 Å². The predicted octanol–water partition coefficient (Wildman–Crippen LogP) is 2.67. The smallest absolute Gasteiger partial charge is 0.165 e. The molecule has 1 rings (SSSR count). The molecule has 0 saturated heterocycles. The molecule has 1 aromatic heterocycles. The third kappa shape index (κ3) is 5.23. The number of thioether (sulfide) groups is 1. The average molecular weight is 227 g/mol. The van der Waals surface area contributed by atoms with Crippen LogP contribution < -0.4 is 5.32 Å². The molecule has 0 aliphatic carbocycles. The molecule has 0 aliphatic rings. The summed E-state index contributed by atoms with van der Waals surface area (Å²) in [5.74, 6) is 1.10. The zero-order valence-corrected chi connectivity index (χ0v) is 10.4. The van der Waals surface area contributed by atoms with Crippen molar-refractivity contribution in [2.24, 2.45) is 0 Å². The predicted molar refractivity (Wildman–Crippen MR) is 66.3 cm³/mol. The summed E-state index contributed by atoms with van der Waals surface area (Å²) < 4.78 is 0. The number of imidazole rings is 1. The normalized spacial score (nSPS) is 12.9. The minimum absolute atomic E-state index is 0.616. The number of aromatic amines is 1. The molecule has 3 nitrogen and oxygen atoms in total. The van der Waals surface area contributed by atoms with Crippen molar-refractivity contribution in [3.63, 3.8) is 0 Å². The molecule has 0 spiro atoms. The molecule has 1 unspecified atom stereocenters. The monoisotopic (exact) mass is 227 g/mol. The molecule has 0 aromatic carbocycles. The Kier molecular flexibility index (Phi) is 6.52. The standard InChI is InChI=1S/C11H21N3S/c1-3-5-10(12-6-4-2)9-15-11-13-7-8-14-11/h7-8,10,12H,3-6,9H2,1-2H3,(H,13,14). The summed E-state index contributed by atoms with van der Waals surface area (Å²) in [5.41, 5.74) is 0. The second kappa shape index (κ2) is 7.77. The summed E-state index contributed by atoms with van der Waals surface area (Å²) in [5, 5.41) is 4.59. The van der Waals surface area contributed by atoms with Gasteiger partial charge in [0.15, 0.2) is 5.16 Å². The largest absolute Gasteiger partial charge is 0.340 e. The first-order valence-corrected chi connectivity index (χ1v) is 6.71. The Labute approximate surface area is 96.5 Å². The van der Waals surface area contributed by atoms with Gasteiger partial charge in [-0.1, -0.05) is 32.0 Å². The Morgan fingerprint density at radius 1 is 1.47 bits per heavy atom. The van der Waals surface area contributed by atoms with E-state index in [1.165, 1.54) is 19.3 Å².